The van der Waals surface area contributed by atoms with Crippen molar-refractivity contribution in [2.75, 3.05) is 0 Å². The third kappa shape index (κ3) is 1.88. The molecule has 0 amide bonds. The molecule has 0 aliphatic carbocycles. The van der Waals surface area contributed by atoms with E-state index in [4.69, 9.17) is 0 Å². The zero-order valence-corrected chi connectivity index (χ0v) is 6.71. The first-order valence-corrected chi connectivity index (χ1v) is 3.53. The summed E-state index contributed by atoms with van der Waals surface area (Å²) in [5.41, 5.74) is 0. The molecular formula is C6H5BrN2O. The standard InChI is InChI=1S/C6H5BrN2O/c7-5-1-3-8-6(9-5)2-4-10/h1,3-4H,2H2. The fraction of sp³-hybridized carbons (Fsp3) is 0.167. The highest BCUT2D eigenvalue weighted by Gasteiger charge is 1.93. The number of hydrogen-bond acceptors (Lipinski definition) is 3. The summed E-state index contributed by atoms with van der Waals surface area (Å²) in [6.45, 7) is 0. The van der Waals surface area contributed by atoms with Crippen molar-refractivity contribution < 1.29 is 4.79 Å². The van der Waals surface area contributed by atoms with Gasteiger partial charge in [0, 0.05) is 6.20 Å². The van der Waals surface area contributed by atoms with Crippen molar-refractivity contribution in [2.24, 2.45) is 0 Å². The summed E-state index contributed by atoms with van der Waals surface area (Å²) in [6.07, 6.45) is 2.66. The molecule has 0 atom stereocenters. The van der Waals surface area contributed by atoms with E-state index in [0.29, 0.717) is 10.4 Å². The number of rotatable bonds is 2. The van der Waals surface area contributed by atoms with Gasteiger partial charge in [0.25, 0.3) is 0 Å². The number of halogens is 1. The van der Waals surface area contributed by atoms with E-state index >= 15 is 0 Å². The topological polar surface area (TPSA) is 42.9 Å². The van der Waals surface area contributed by atoms with Crippen LogP contribution in [-0.2, 0) is 11.2 Å². The molecule has 1 rings (SSSR count). The van der Waals surface area contributed by atoms with Crippen LogP contribution >= 0.6 is 15.9 Å². The van der Waals surface area contributed by atoms with Crippen molar-refractivity contribution >= 4 is 22.2 Å². The summed E-state index contributed by atoms with van der Waals surface area (Å²) in [6, 6.07) is 1.72. The van der Waals surface area contributed by atoms with Crippen molar-refractivity contribution in [2.45, 2.75) is 6.42 Å². The number of carbonyl (C=O) groups is 1. The first kappa shape index (κ1) is 7.34. The molecule has 0 radical (unpaired) electrons. The van der Waals surface area contributed by atoms with Crippen LogP contribution in [-0.4, -0.2) is 16.3 Å². The van der Waals surface area contributed by atoms with Gasteiger partial charge in [-0.25, -0.2) is 9.97 Å². The van der Waals surface area contributed by atoms with Crippen LogP contribution in [0.1, 0.15) is 5.82 Å². The molecule has 1 aromatic rings. The summed E-state index contributed by atoms with van der Waals surface area (Å²) >= 11 is 3.17. The Morgan fingerprint density at radius 3 is 3.10 bits per heavy atom. The molecule has 1 aromatic heterocycles. The van der Waals surface area contributed by atoms with Crippen LogP contribution in [0.15, 0.2) is 16.9 Å². The lowest BCUT2D eigenvalue weighted by molar-refractivity contribution is -0.107. The second-order valence-electron chi connectivity index (χ2n) is 1.67. The lowest BCUT2D eigenvalue weighted by Crippen LogP contribution is -1.94. The lowest BCUT2D eigenvalue weighted by atomic mass is 10.4. The highest BCUT2D eigenvalue weighted by molar-refractivity contribution is 9.10. The Bertz CT molecular complexity index is 239. The summed E-state index contributed by atoms with van der Waals surface area (Å²) in [5.74, 6) is 0.546. The minimum atomic E-state index is 0.277. The van der Waals surface area contributed by atoms with Crippen LogP contribution in [0.4, 0.5) is 0 Å². The molecule has 52 valence electrons. The zero-order valence-electron chi connectivity index (χ0n) is 5.12. The van der Waals surface area contributed by atoms with Gasteiger partial charge >= 0.3 is 0 Å². The summed E-state index contributed by atoms with van der Waals surface area (Å²) < 4.78 is 0.708. The third-order valence-corrected chi connectivity index (χ3v) is 1.38. The Labute approximate surface area is 66.6 Å². The maximum Gasteiger partial charge on any atom is 0.136 e. The molecule has 0 aromatic carbocycles. The molecule has 0 N–H and O–H groups in total. The highest BCUT2D eigenvalue weighted by Crippen LogP contribution is 2.02. The third-order valence-electron chi connectivity index (χ3n) is 0.937. The van der Waals surface area contributed by atoms with E-state index in [0.717, 1.165) is 6.29 Å². The maximum atomic E-state index is 9.99. The molecule has 0 aliphatic heterocycles. The molecule has 1 heterocycles. The van der Waals surface area contributed by atoms with Crippen LogP contribution in [0.5, 0.6) is 0 Å². The quantitative estimate of drug-likeness (QED) is 0.529. The van der Waals surface area contributed by atoms with E-state index in [-0.39, 0.29) is 6.42 Å². The summed E-state index contributed by atoms with van der Waals surface area (Å²) in [7, 11) is 0. The van der Waals surface area contributed by atoms with E-state index in [1.807, 2.05) is 0 Å². The van der Waals surface area contributed by atoms with Crippen LogP contribution in [0, 0.1) is 0 Å². The van der Waals surface area contributed by atoms with E-state index in [2.05, 4.69) is 25.9 Å². The molecule has 10 heavy (non-hydrogen) atoms. The van der Waals surface area contributed by atoms with E-state index < -0.39 is 0 Å². The monoisotopic (exact) mass is 200 g/mol. The van der Waals surface area contributed by atoms with Gasteiger partial charge in [0.05, 0.1) is 6.42 Å². The number of hydrogen-bond donors (Lipinski definition) is 0. The van der Waals surface area contributed by atoms with Crippen molar-refractivity contribution in [3.05, 3.63) is 22.7 Å². The Balaban J connectivity index is 2.84. The van der Waals surface area contributed by atoms with Gasteiger partial charge in [-0.3, -0.25) is 0 Å². The maximum absolute atomic E-state index is 9.99. The molecule has 0 spiro atoms. The van der Waals surface area contributed by atoms with Crippen molar-refractivity contribution in [3.63, 3.8) is 0 Å². The van der Waals surface area contributed by atoms with Gasteiger partial charge in [0.2, 0.25) is 0 Å². The van der Waals surface area contributed by atoms with Gasteiger partial charge in [0.1, 0.15) is 16.7 Å². The van der Waals surface area contributed by atoms with Crippen LogP contribution < -0.4 is 0 Å². The van der Waals surface area contributed by atoms with Gasteiger partial charge < -0.3 is 4.79 Å². The fourth-order valence-corrected chi connectivity index (χ4v) is 0.870. The molecule has 0 saturated carbocycles. The molecule has 0 saturated heterocycles. The van der Waals surface area contributed by atoms with Crippen LogP contribution in [0.25, 0.3) is 0 Å². The normalized spacial score (nSPS) is 9.30. The van der Waals surface area contributed by atoms with Crippen LogP contribution in [0.2, 0.25) is 0 Å². The van der Waals surface area contributed by atoms with Gasteiger partial charge in [0.15, 0.2) is 0 Å². The molecular weight excluding hydrogens is 196 g/mol. The van der Waals surface area contributed by atoms with Gasteiger partial charge in [-0.2, -0.15) is 0 Å². The predicted octanol–water partition coefficient (Wildman–Crippen LogP) is 0.980. The van der Waals surface area contributed by atoms with E-state index in [1.54, 1.807) is 12.3 Å². The van der Waals surface area contributed by atoms with Gasteiger partial charge in [-0.1, -0.05) is 0 Å². The van der Waals surface area contributed by atoms with Crippen molar-refractivity contribution in [1.29, 1.82) is 0 Å². The van der Waals surface area contributed by atoms with E-state index in [1.165, 1.54) is 0 Å². The van der Waals surface area contributed by atoms with E-state index in [9.17, 15) is 4.79 Å². The molecule has 4 heteroatoms. The predicted molar refractivity (Wildman–Crippen MR) is 39.5 cm³/mol. The Morgan fingerprint density at radius 2 is 2.50 bits per heavy atom. The van der Waals surface area contributed by atoms with Gasteiger partial charge in [-0.05, 0) is 22.0 Å². The molecule has 0 bridgehead atoms. The number of nitrogens with zero attached hydrogens (tertiary/aromatic N) is 2. The first-order valence-electron chi connectivity index (χ1n) is 2.74. The average molecular weight is 201 g/mol. The molecule has 0 unspecified atom stereocenters. The highest BCUT2D eigenvalue weighted by atomic mass is 79.9. The van der Waals surface area contributed by atoms with Crippen molar-refractivity contribution in [1.82, 2.24) is 9.97 Å². The second-order valence-corrected chi connectivity index (χ2v) is 2.48. The molecule has 0 fully saturated rings. The lowest BCUT2D eigenvalue weighted by Gasteiger charge is -1.91. The summed E-state index contributed by atoms with van der Waals surface area (Å²) in [4.78, 5) is 17.8. The van der Waals surface area contributed by atoms with Gasteiger partial charge in [-0.15, -0.1) is 0 Å². The fourth-order valence-electron chi connectivity index (χ4n) is 0.547. The number of aldehydes is 1. The summed E-state index contributed by atoms with van der Waals surface area (Å²) in [5, 5.41) is 0. The largest absolute Gasteiger partial charge is 0.303 e. The van der Waals surface area contributed by atoms with Crippen LogP contribution in [0.3, 0.4) is 0 Å². The number of carbonyl (C=O) groups excluding carboxylic acids is 1. The molecule has 0 aliphatic rings. The average Bonchev–Trinajstić information content (AvgIpc) is 1.88. The SMILES string of the molecule is O=CCc1nccc(Br)n1. The minimum Gasteiger partial charge on any atom is -0.303 e. The minimum absolute atomic E-state index is 0.277. The second kappa shape index (κ2) is 3.41. The Morgan fingerprint density at radius 1 is 1.70 bits per heavy atom. The first-order chi connectivity index (χ1) is 4.83. The molecule has 3 nitrogen and oxygen atoms in total. The Hall–Kier alpha value is -0.770. The smallest absolute Gasteiger partial charge is 0.136 e. The number of aromatic nitrogens is 2. The van der Waals surface area contributed by atoms with Crippen molar-refractivity contribution in [3.8, 4) is 0 Å². The Kier molecular flexibility index (Phi) is 2.50. The zero-order chi connectivity index (χ0) is 7.40.